The molecule has 0 atom stereocenters. The van der Waals surface area contributed by atoms with Gasteiger partial charge in [0.2, 0.25) is 0 Å². The molecule has 0 bridgehead atoms. The Morgan fingerprint density at radius 2 is 2.24 bits per heavy atom. The van der Waals surface area contributed by atoms with Gasteiger partial charge >= 0.3 is 0 Å². The van der Waals surface area contributed by atoms with Gasteiger partial charge in [-0.05, 0) is 41.1 Å². The number of hydrogen-bond acceptors (Lipinski definition) is 3. The molecular formula is C13H13IN2O. The summed E-state index contributed by atoms with van der Waals surface area (Å²) < 4.78 is 6.63. The van der Waals surface area contributed by atoms with Crippen molar-refractivity contribution in [1.82, 2.24) is 4.98 Å². The van der Waals surface area contributed by atoms with E-state index in [2.05, 4.69) is 41.6 Å². The van der Waals surface area contributed by atoms with Gasteiger partial charge in [-0.3, -0.25) is 4.98 Å². The minimum Gasteiger partial charge on any atom is -0.398 e. The predicted octanol–water partition coefficient (Wildman–Crippen LogP) is 2.80. The van der Waals surface area contributed by atoms with Gasteiger partial charge < -0.3 is 10.5 Å². The van der Waals surface area contributed by atoms with Crippen LogP contribution in [0.25, 0.3) is 10.9 Å². The maximum Gasteiger partial charge on any atom is 0.0766 e. The maximum atomic E-state index is 6.28. The third-order valence-corrected chi connectivity index (χ3v) is 4.15. The summed E-state index contributed by atoms with van der Waals surface area (Å²) in [5.41, 5.74) is 11.5. The molecule has 88 valence electrons. The summed E-state index contributed by atoms with van der Waals surface area (Å²) in [6.07, 6.45) is 0.861. The van der Waals surface area contributed by atoms with E-state index in [1.165, 1.54) is 5.56 Å². The van der Waals surface area contributed by atoms with Crippen molar-refractivity contribution in [1.29, 1.82) is 0 Å². The Morgan fingerprint density at radius 1 is 1.41 bits per heavy atom. The van der Waals surface area contributed by atoms with E-state index >= 15 is 0 Å². The Morgan fingerprint density at radius 3 is 3.06 bits per heavy atom. The van der Waals surface area contributed by atoms with Crippen LogP contribution in [0, 0.1) is 10.5 Å². The number of ether oxygens (including phenoxy) is 1. The first-order valence-corrected chi connectivity index (χ1v) is 6.70. The zero-order valence-electron chi connectivity index (χ0n) is 9.59. The molecule has 4 heteroatoms. The molecule has 0 fully saturated rings. The minimum absolute atomic E-state index is 0.591. The Bertz CT molecular complexity index is 610. The first-order chi connectivity index (χ1) is 8.18. The second-order valence-electron chi connectivity index (χ2n) is 4.34. The average Bonchev–Trinajstić information content (AvgIpc) is 2.34. The first kappa shape index (κ1) is 11.2. The second-order valence-corrected chi connectivity index (χ2v) is 5.50. The molecule has 1 aromatic heterocycles. The lowest BCUT2D eigenvalue weighted by Gasteiger charge is -2.20. The number of anilines is 1. The van der Waals surface area contributed by atoms with Crippen molar-refractivity contribution in [2.45, 2.75) is 20.0 Å². The van der Waals surface area contributed by atoms with Crippen LogP contribution < -0.4 is 5.73 Å². The van der Waals surface area contributed by atoms with Crippen LogP contribution in [0.4, 0.5) is 5.69 Å². The lowest BCUT2D eigenvalue weighted by atomic mass is 10.0. The Kier molecular flexibility index (Phi) is 2.71. The number of aryl methyl sites for hydroxylation is 1. The van der Waals surface area contributed by atoms with Crippen molar-refractivity contribution in [3.05, 3.63) is 32.5 Å². The lowest BCUT2D eigenvalue weighted by Crippen LogP contribution is -2.15. The third kappa shape index (κ3) is 1.70. The summed E-state index contributed by atoms with van der Waals surface area (Å²) in [6, 6.07) is 4.19. The summed E-state index contributed by atoms with van der Waals surface area (Å²) >= 11 is 2.31. The van der Waals surface area contributed by atoms with Crippen LogP contribution in [0.2, 0.25) is 0 Å². The summed E-state index contributed by atoms with van der Waals surface area (Å²) in [4.78, 5) is 4.77. The quantitative estimate of drug-likeness (QED) is 0.751. The van der Waals surface area contributed by atoms with E-state index in [0.717, 1.165) is 44.4 Å². The molecule has 17 heavy (non-hydrogen) atoms. The van der Waals surface area contributed by atoms with E-state index in [0.29, 0.717) is 6.61 Å². The van der Waals surface area contributed by atoms with E-state index in [1.54, 1.807) is 0 Å². The molecule has 1 aliphatic rings. The van der Waals surface area contributed by atoms with Crippen molar-refractivity contribution in [2.75, 3.05) is 12.3 Å². The van der Waals surface area contributed by atoms with E-state index in [4.69, 9.17) is 15.5 Å². The van der Waals surface area contributed by atoms with Crippen LogP contribution >= 0.6 is 22.6 Å². The van der Waals surface area contributed by atoms with E-state index in [-0.39, 0.29) is 0 Å². The van der Waals surface area contributed by atoms with Gasteiger partial charge in [0, 0.05) is 26.6 Å². The molecule has 3 nitrogen and oxygen atoms in total. The highest BCUT2D eigenvalue weighted by Crippen LogP contribution is 2.33. The number of pyridine rings is 1. The summed E-state index contributed by atoms with van der Waals surface area (Å²) in [7, 11) is 0. The highest BCUT2D eigenvalue weighted by molar-refractivity contribution is 14.1. The number of aromatic nitrogens is 1. The van der Waals surface area contributed by atoms with E-state index in [9.17, 15) is 0 Å². The highest BCUT2D eigenvalue weighted by Gasteiger charge is 2.18. The molecule has 2 N–H and O–H groups in total. The molecule has 0 radical (unpaired) electrons. The SMILES string of the molecule is Cc1ccc(I)c2c(N)c3c(nc12)CCOC3. The van der Waals surface area contributed by atoms with Gasteiger partial charge in [0.15, 0.2) is 0 Å². The molecule has 0 saturated carbocycles. The monoisotopic (exact) mass is 340 g/mol. The van der Waals surface area contributed by atoms with Gasteiger partial charge in [-0.25, -0.2) is 0 Å². The average molecular weight is 340 g/mol. The lowest BCUT2D eigenvalue weighted by molar-refractivity contribution is 0.110. The molecule has 2 heterocycles. The van der Waals surface area contributed by atoms with Crippen LogP contribution in [0.15, 0.2) is 12.1 Å². The van der Waals surface area contributed by atoms with Crippen molar-refractivity contribution < 1.29 is 4.74 Å². The van der Waals surface area contributed by atoms with Crippen LogP contribution in [0.3, 0.4) is 0 Å². The molecule has 0 aliphatic carbocycles. The van der Waals surface area contributed by atoms with E-state index in [1.807, 2.05) is 0 Å². The molecule has 0 saturated heterocycles. The van der Waals surface area contributed by atoms with Crippen molar-refractivity contribution in [2.24, 2.45) is 0 Å². The van der Waals surface area contributed by atoms with Crippen molar-refractivity contribution in [3.63, 3.8) is 0 Å². The number of fused-ring (bicyclic) bond motifs is 2. The molecule has 0 unspecified atom stereocenters. The number of nitrogen functional groups attached to an aromatic ring is 1. The fourth-order valence-electron chi connectivity index (χ4n) is 2.29. The number of benzene rings is 1. The number of hydrogen-bond donors (Lipinski definition) is 1. The molecule has 1 aromatic carbocycles. The number of nitrogens with two attached hydrogens (primary N) is 1. The molecule has 1 aliphatic heterocycles. The third-order valence-electron chi connectivity index (χ3n) is 3.25. The van der Waals surface area contributed by atoms with Gasteiger partial charge in [0.1, 0.15) is 0 Å². The number of nitrogens with zero attached hydrogens (tertiary/aromatic N) is 1. The van der Waals surface area contributed by atoms with Crippen LogP contribution in [-0.2, 0) is 17.8 Å². The largest absolute Gasteiger partial charge is 0.398 e. The second kappa shape index (κ2) is 4.10. The molecule has 0 amide bonds. The van der Waals surface area contributed by atoms with E-state index < -0.39 is 0 Å². The van der Waals surface area contributed by atoms with Gasteiger partial charge in [-0.1, -0.05) is 6.07 Å². The first-order valence-electron chi connectivity index (χ1n) is 5.62. The highest BCUT2D eigenvalue weighted by atomic mass is 127. The normalized spacial score (nSPS) is 14.9. The topological polar surface area (TPSA) is 48.1 Å². The zero-order valence-corrected chi connectivity index (χ0v) is 11.7. The van der Waals surface area contributed by atoms with Crippen molar-refractivity contribution >= 4 is 39.2 Å². The Hall–Kier alpha value is -0.880. The standard InChI is InChI=1S/C13H13IN2O/c1-7-2-3-9(14)11-12(15)8-6-17-5-4-10(8)16-13(7)11/h2-3H,4-6H2,1H3,(H2,15,16). The predicted molar refractivity (Wildman–Crippen MR) is 77.0 cm³/mol. The van der Waals surface area contributed by atoms with Crippen LogP contribution in [-0.4, -0.2) is 11.6 Å². The Labute approximate surface area is 114 Å². The van der Waals surface area contributed by atoms with Gasteiger partial charge in [-0.2, -0.15) is 0 Å². The fourth-order valence-corrected chi connectivity index (χ4v) is 3.02. The van der Waals surface area contributed by atoms with Gasteiger partial charge in [0.05, 0.1) is 24.4 Å². The molecule has 0 spiro atoms. The zero-order chi connectivity index (χ0) is 12.0. The van der Waals surface area contributed by atoms with Gasteiger partial charge in [-0.15, -0.1) is 0 Å². The number of halogens is 1. The fraction of sp³-hybridized carbons (Fsp3) is 0.308. The summed E-state index contributed by atoms with van der Waals surface area (Å²) in [5.74, 6) is 0. The smallest absolute Gasteiger partial charge is 0.0766 e. The Balaban J connectivity index is 2.44. The van der Waals surface area contributed by atoms with Crippen LogP contribution in [0.1, 0.15) is 16.8 Å². The number of rotatable bonds is 0. The summed E-state index contributed by atoms with van der Waals surface area (Å²) in [6.45, 7) is 3.42. The molecule has 2 aromatic rings. The molecular weight excluding hydrogens is 327 g/mol. The summed E-state index contributed by atoms with van der Waals surface area (Å²) in [5, 5.41) is 1.08. The maximum absolute atomic E-state index is 6.28. The minimum atomic E-state index is 0.591. The van der Waals surface area contributed by atoms with Crippen molar-refractivity contribution in [3.8, 4) is 0 Å². The van der Waals surface area contributed by atoms with Gasteiger partial charge in [0.25, 0.3) is 0 Å². The van der Waals surface area contributed by atoms with Crippen LogP contribution in [0.5, 0.6) is 0 Å². The molecule has 3 rings (SSSR count).